The van der Waals surface area contributed by atoms with Gasteiger partial charge in [0.2, 0.25) is 0 Å². The Kier molecular flexibility index (Phi) is 5.88. The predicted octanol–water partition coefficient (Wildman–Crippen LogP) is 4.35. The van der Waals surface area contributed by atoms with Crippen LogP contribution in [0.4, 0.5) is 8.78 Å². The molecule has 1 aromatic heterocycles. The highest BCUT2D eigenvalue weighted by atomic mass is 35.5. The van der Waals surface area contributed by atoms with Crippen LogP contribution in [0.1, 0.15) is 22.5 Å². The van der Waals surface area contributed by atoms with Crippen molar-refractivity contribution in [3.05, 3.63) is 70.1 Å². The number of carbonyl (C=O) groups excluding carboxylic acids is 1. The van der Waals surface area contributed by atoms with Gasteiger partial charge in [-0.25, -0.2) is 8.78 Å². The van der Waals surface area contributed by atoms with E-state index in [0.29, 0.717) is 29.3 Å². The fraction of sp³-hybridized carbons (Fsp3) is 0.375. The van der Waals surface area contributed by atoms with Gasteiger partial charge in [0.1, 0.15) is 5.76 Å². The zero-order chi connectivity index (χ0) is 22.2. The molecule has 2 aromatic rings. The Bertz CT molecular complexity index is 1070. The third-order valence-corrected chi connectivity index (χ3v) is 6.56. The van der Waals surface area contributed by atoms with Gasteiger partial charge in [0.15, 0.2) is 5.76 Å². The molecular formula is C24H24ClF2N3O2. The Labute approximate surface area is 190 Å². The molecule has 0 radical (unpaired) electrons. The fourth-order valence-electron chi connectivity index (χ4n) is 4.73. The van der Waals surface area contributed by atoms with Crippen molar-refractivity contribution in [2.75, 3.05) is 32.7 Å². The summed E-state index contributed by atoms with van der Waals surface area (Å²) in [4.78, 5) is 16.9. The molecule has 1 aromatic carbocycles. The van der Waals surface area contributed by atoms with Crippen LogP contribution in [0.5, 0.6) is 0 Å². The van der Waals surface area contributed by atoms with Gasteiger partial charge >= 0.3 is 0 Å². The zero-order valence-corrected chi connectivity index (χ0v) is 18.2. The molecule has 8 heteroatoms. The molecule has 3 heterocycles. The minimum absolute atomic E-state index is 0.136. The number of furan rings is 1. The molecule has 5 nitrogen and oxygen atoms in total. The van der Waals surface area contributed by atoms with Crippen molar-refractivity contribution in [1.82, 2.24) is 15.1 Å². The normalized spacial score (nSPS) is 21.7. The minimum atomic E-state index is -2.64. The number of hydrogen-bond donors (Lipinski definition) is 1. The van der Waals surface area contributed by atoms with E-state index < -0.39 is 18.9 Å². The summed E-state index contributed by atoms with van der Waals surface area (Å²) in [5.41, 5.74) is 3.10. The van der Waals surface area contributed by atoms with Gasteiger partial charge in [-0.05, 0) is 54.8 Å². The van der Waals surface area contributed by atoms with Crippen LogP contribution in [-0.4, -0.2) is 60.9 Å². The number of hydrogen-bond acceptors (Lipinski definition) is 4. The Morgan fingerprint density at radius 2 is 1.94 bits per heavy atom. The van der Waals surface area contributed by atoms with E-state index in [1.54, 1.807) is 12.1 Å². The van der Waals surface area contributed by atoms with Crippen LogP contribution in [-0.2, 0) is 6.42 Å². The number of piperazine rings is 1. The molecule has 1 atom stereocenters. The van der Waals surface area contributed by atoms with Crippen molar-refractivity contribution < 1.29 is 18.0 Å². The third-order valence-electron chi connectivity index (χ3n) is 6.31. The molecule has 1 fully saturated rings. The Morgan fingerprint density at radius 1 is 1.19 bits per heavy atom. The predicted molar refractivity (Wildman–Crippen MR) is 119 cm³/mol. The first kappa shape index (κ1) is 21.4. The fourth-order valence-corrected chi connectivity index (χ4v) is 4.86. The number of nitrogens with zero attached hydrogens (tertiary/aromatic N) is 2. The summed E-state index contributed by atoms with van der Waals surface area (Å²) in [5.74, 6) is 0.152. The highest BCUT2D eigenvalue weighted by molar-refractivity contribution is 6.30. The van der Waals surface area contributed by atoms with Gasteiger partial charge in [0, 0.05) is 54.1 Å². The first-order chi connectivity index (χ1) is 15.5. The summed E-state index contributed by atoms with van der Waals surface area (Å²) in [6.45, 7) is 3.09. The van der Waals surface area contributed by atoms with Crippen LogP contribution in [0, 0.1) is 0 Å². The number of amides is 1. The van der Waals surface area contributed by atoms with E-state index in [-0.39, 0.29) is 11.8 Å². The molecule has 168 valence electrons. The Balaban J connectivity index is 1.50. The van der Waals surface area contributed by atoms with E-state index in [1.165, 1.54) is 4.90 Å². The summed E-state index contributed by atoms with van der Waals surface area (Å²) in [5, 5.41) is 3.96. The highest BCUT2D eigenvalue weighted by Gasteiger charge is 2.35. The van der Waals surface area contributed by atoms with Crippen molar-refractivity contribution in [1.29, 1.82) is 0 Å². The number of nitrogens with one attached hydrogen (secondary N) is 1. The van der Waals surface area contributed by atoms with Crippen LogP contribution < -0.4 is 5.32 Å². The van der Waals surface area contributed by atoms with E-state index in [0.717, 1.165) is 42.9 Å². The lowest BCUT2D eigenvalue weighted by atomic mass is 9.92. The molecule has 1 N–H and O–H groups in total. The maximum atomic E-state index is 13.4. The van der Waals surface area contributed by atoms with E-state index in [4.69, 9.17) is 16.0 Å². The molecule has 3 aliphatic rings. The van der Waals surface area contributed by atoms with Gasteiger partial charge in [-0.3, -0.25) is 14.6 Å². The maximum Gasteiger partial charge on any atom is 0.294 e. The average molecular weight is 460 g/mol. The molecule has 1 unspecified atom stereocenters. The molecule has 1 amide bonds. The second-order valence-corrected chi connectivity index (χ2v) is 8.80. The van der Waals surface area contributed by atoms with E-state index in [1.807, 2.05) is 30.4 Å². The largest absolute Gasteiger partial charge is 0.451 e. The second-order valence-electron chi connectivity index (χ2n) is 8.36. The summed E-state index contributed by atoms with van der Waals surface area (Å²) in [6, 6.07) is 9.18. The number of alkyl halides is 2. The molecule has 0 bridgehead atoms. The number of rotatable bonds is 4. The monoisotopic (exact) mass is 459 g/mol. The van der Waals surface area contributed by atoms with Crippen molar-refractivity contribution in [3.63, 3.8) is 0 Å². The van der Waals surface area contributed by atoms with Gasteiger partial charge in [0.05, 0.1) is 6.54 Å². The molecule has 2 aliphatic heterocycles. The lowest BCUT2D eigenvalue weighted by molar-refractivity contribution is 0.0617. The van der Waals surface area contributed by atoms with Crippen molar-refractivity contribution in [2.45, 2.75) is 25.3 Å². The molecule has 0 saturated carbocycles. The molecular weight excluding hydrogens is 436 g/mol. The summed E-state index contributed by atoms with van der Waals surface area (Å²) in [7, 11) is 0. The van der Waals surface area contributed by atoms with Crippen molar-refractivity contribution >= 4 is 17.5 Å². The number of benzene rings is 1. The molecule has 0 spiro atoms. The van der Waals surface area contributed by atoms with Crippen LogP contribution in [0.15, 0.2) is 58.2 Å². The minimum Gasteiger partial charge on any atom is -0.451 e. The summed E-state index contributed by atoms with van der Waals surface area (Å²) >= 11 is 5.98. The lowest BCUT2D eigenvalue weighted by Gasteiger charge is -2.36. The van der Waals surface area contributed by atoms with Gasteiger partial charge in [-0.2, -0.15) is 0 Å². The first-order valence-corrected chi connectivity index (χ1v) is 11.2. The average Bonchev–Trinajstić information content (AvgIpc) is 3.18. The topological polar surface area (TPSA) is 48.7 Å². The van der Waals surface area contributed by atoms with Gasteiger partial charge in [0.25, 0.3) is 12.3 Å². The third kappa shape index (κ3) is 4.12. The Hall–Kier alpha value is -2.48. The Morgan fingerprint density at radius 3 is 2.66 bits per heavy atom. The van der Waals surface area contributed by atoms with E-state index >= 15 is 0 Å². The molecule has 1 aliphatic carbocycles. The second kappa shape index (κ2) is 8.81. The number of allylic oxidation sites excluding steroid dienone is 1. The first-order valence-electron chi connectivity index (χ1n) is 10.8. The molecule has 32 heavy (non-hydrogen) atoms. The molecule has 5 rings (SSSR count). The lowest BCUT2D eigenvalue weighted by Crippen LogP contribution is -2.48. The van der Waals surface area contributed by atoms with Crippen LogP contribution in [0.2, 0.25) is 5.02 Å². The van der Waals surface area contributed by atoms with Crippen LogP contribution in [0.3, 0.4) is 0 Å². The SMILES string of the molecule is O=C1c2oc(-c3ccc(Cl)cc3)cc2CC2=C(C=CC(N3CCNCC3)C2)N1CC(F)F. The number of fused-ring (bicyclic) bond motifs is 1. The summed E-state index contributed by atoms with van der Waals surface area (Å²) < 4.78 is 32.8. The quantitative estimate of drug-likeness (QED) is 0.738. The van der Waals surface area contributed by atoms with E-state index in [9.17, 15) is 13.6 Å². The van der Waals surface area contributed by atoms with Gasteiger partial charge in [-0.1, -0.05) is 17.7 Å². The maximum absolute atomic E-state index is 13.4. The highest BCUT2D eigenvalue weighted by Crippen LogP contribution is 2.37. The smallest absolute Gasteiger partial charge is 0.294 e. The van der Waals surface area contributed by atoms with E-state index in [2.05, 4.69) is 10.2 Å². The van der Waals surface area contributed by atoms with Crippen LogP contribution >= 0.6 is 11.6 Å². The van der Waals surface area contributed by atoms with Crippen molar-refractivity contribution in [3.8, 4) is 11.3 Å². The molecule has 1 saturated heterocycles. The summed E-state index contributed by atoms with van der Waals surface area (Å²) in [6.07, 6.45) is 2.46. The zero-order valence-electron chi connectivity index (χ0n) is 17.5. The van der Waals surface area contributed by atoms with Gasteiger partial charge in [-0.15, -0.1) is 0 Å². The van der Waals surface area contributed by atoms with Crippen LogP contribution in [0.25, 0.3) is 11.3 Å². The van der Waals surface area contributed by atoms with Crippen molar-refractivity contribution in [2.24, 2.45) is 0 Å². The number of halogens is 3. The number of carbonyl (C=O) groups is 1. The van der Waals surface area contributed by atoms with Gasteiger partial charge < -0.3 is 9.73 Å². The standard InChI is InChI=1S/C24H24ClF2N3O2/c25-18-3-1-15(2-4-18)21-13-17-11-16-12-19(29-9-7-28-8-10-29)5-6-20(16)30(14-22(26)27)24(31)23(17)32-21/h1-6,13,19,22,28H,7-12,14H2.